The molecule has 32 heavy (non-hydrogen) atoms. The van der Waals surface area contributed by atoms with Crippen LogP contribution in [0.3, 0.4) is 0 Å². The van der Waals surface area contributed by atoms with Gasteiger partial charge in [0, 0.05) is 5.69 Å². The molecule has 0 radical (unpaired) electrons. The van der Waals surface area contributed by atoms with Crippen LogP contribution in [0.5, 0.6) is 0 Å². The summed E-state index contributed by atoms with van der Waals surface area (Å²) in [7, 11) is 0. The second-order valence-corrected chi connectivity index (χ2v) is 7.92. The molecule has 0 aliphatic carbocycles. The molecule has 6 heteroatoms. The molecule has 0 N–H and O–H groups in total. The second kappa shape index (κ2) is 7.13. The molecule has 3 aromatic heterocycles. The summed E-state index contributed by atoms with van der Waals surface area (Å²) >= 11 is 0. The van der Waals surface area contributed by atoms with E-state index in [9.17, 15) is 4.79 Å². The lowest BCUT2D eigenvalue weighted by Gasteiger charge is -2.08. The predicted octanol–water partition coefficient (Wildman–Crippen LogP) is 4.64. The third kappa shape index (κ3) is 2.88. The van der Waals surface area contributed by atoms with E-state index in [1.54, 1.807) is 10.9 Å². The van der Waals surface area contributed by atoms with Crippen LogP contribution >= 0.6 is 0 Å². The summed E-state index contributed by atoms with van der Waals surface area (Å²) < 4.78 is 3.56. The van der Waals surface area contributed by atoms with Gasteiger partial charge in [-0.2, -0.15) is 0 Å². The quantitative estimate of drug-likeness (QED) is 0.421. The first-order valence-electron chi connectivity index (χ1n) is 10.5. The molecular formula is C26H19N5O. The first-order valence-corrected chi connectivity index (χ1v) is 10.5. The summed E-state index contributed by atoms with van der Waals surface area (Å²) in [4.78, 5) is 28.1. The standard InChI is InChI=1S/C26H19N5O/c1-17-11-13-19(14-12-17)31-24-22(23-25(31)29-21-10-6-5-9-20(21)28-23)26(32)30(16-27-24)15-18-7-3-2-4-8-18/h2-14,16H,15H2,1H3. The number of hydrogen-bond acceptors (Lipinski definition) is 4. The Morgan fingerprint density at radius 1 is 0.781 bits per heavy atom. The molecule has 154 valence electrons. The van der Waals surface area contributed by atoms with Crippen LogP contribution in [0, 0.1) is 6.92 Å². The average molecular weight is 417 g/mol. The maximum atomic E-state index is 13.6. The van der Waals surface area contributed by atoms with E-state index in [0.29, 0.717) is 28.7 Å². The van der Waals surface area contributed by atoms with Crippen molar-refractivity contribution in [3.8, 4) is 5.69 Å². The van der Waals surface area contributed by atoms with E-state index in [1.807, 2.05) is 90.4 Å². The van der Waals surface area contributed by atoms with Gasteiger partial charge in [-0.1, -0.05) is 60.2 Å². The van der Waals surface area contributed by atoms with Crippen molar-refractivity contribution in [1.82, 2.24) is 24.1 Å². The van der Waals surface area contributed by atoms with Crippen molar-refractivity contribution >= 4 is 33.2 Å². The molecule has 0 atom stereocenters. The fraction of sp³-hybridized carbons (Fsp3) is 0.0769. The van der Waals surface area contributed by atoms with Gasteiger partial charge in [0.1, 0.15) is 17.2 Å². The Hall–Kier alpha value is -4.32. The molecule has 3 aromatic carbocycles. The molecule has 0 saturated carbocycles. The van der Waals surface area contributed by atoms with Crippen molar-refractivity contribution in [2.45, 2.75) is 13.5 Å². The maximum Gasteiger partial charge on any atom is 0.265 e. The Kier molecular flexibility index (Phi) is 4.11. The molecule has 0 aliphatic rings. The highest BCUT2D eigenvalue weighted by Gasteiger charge is 2.20. The number of aromatic nitrogens is 5. The minimum Gasteiger partial charge on any atom is -0.294 e. The average Bonchev–Trinajstić information content (AvgIpc) is 3.14. The predicted molar refractivity (Wildman–Crippen MR) is 126 cm³/mol. The number of benzene rings is 3. The van der Waals surface area contributed by atoms with Crippen LogP contribution in [0.25, 0.3) is 38.9 Å². The number of rotatable bonds is 3. The fourth-order valence-electron chi connectivity index (χ4n) is 4.10. The van der Waals surface area contributed by atoms with E-state index in [-0.39, 0.29) is 5.56 Å². The molecule has 6 nitrogen and oxygen atoms in total. The number of para-hydroxylation sites is 2. The third-order valence-corrected chi connectivity index (χ3v) is 5.72. The van der Waals surface area contributed by atoms with Crippen molar-refractivity contribution in [2.75, 3.05) is 0 Å². The van der Waals surface area contributed by atoms with Gasteiger partial charge in [0.25, 0.3) is 5.56 Å². The Balaban J connectivity index is 1.70. The van der Waals surface area contributed by atoms with Crippen LogP contribution < -0.4 is 5.56 Å². The Morgan fingerprint density at radius 2 is 1.47 bits per heavy atom. The zero-order chi connectivity index (χ0) is 21.7. The summed E-state index contributed by atoms with van der Waals surface area (Å²) in [6.45, 7) is 2.49. The third-order valence-electron chi connectivity index (χ3n) is 5.72. The largest absolute Gasteiger partial charge is 0.294 e. The summed E-state index contributed by atoms with van der Waals surface area (Å²) in [6, 6.07) is 25.7. The SMILES string of the molecule is Cc1ccc(-n2c3nc4ccccc4nc3c3c(=O)n(Cc4ccccc4)cnc32)cc1. The number of nitrogens with zero attached hydrogens (tertiary/aromatic N) is 5. The first kappa shape index (κ1) is 18.4. The monoisotopic (exact) mass is 417 g/mol. The van der Waals surface area contributed by atoms with E-state index >= 15 is 0 Å². The van der Waals surface area contributed by atoms with Gasteiger partial charge in [-0.25, -0.2) is 15.0 Å². The molecule has 0 amide bonds. The van der Waals surface area contributed by atoms with Crippen LogP contribution in [0.15, 0.2) is 90.0 Å². The van der Waals surface area contributed by atoms with E-state index in [4.69, 9.17) is 15.0 Å². The molecule has 0 unspecified atom stereocenters. The maximum absolute atomic E-state index is 13.6. The normalized spacial score (nSPS) is 11.5. The smallest absolute Gasteiger partial charge is 0.265 e. The molecule has 0 aliphatic heterocycles. The molecule has 0 bridgehead atoms. The van der Waals surface area contributed by atoms with E-state index < -0.39 is 0 Å². The van der Waals surface area contributed by atoms with Crippen LogP contribution in [0.1, 0.15) is 11.1 Å². The Bertz CT molecular complexity index is 1660. The second-order valence-electron chi connectivity index (χ2n) is 7.92. The zero-order valence-corrected chi connectivity index (χ0v) is 17.4. The lowest BCUT2D eigenvalue weighted by Crippen LogP contribution is -2.21. The topological polar surface area (TPSA) is 65.6 Å². The van der Waals surface area contributed by atoms with Gasteiger partial charge in [0.05, 0.1) is 17.6 Å². The van der Waals surface area contributed by atoms with Crippen molar-refractivity contribution in [2.24, 2.45) is 0 Å². The minimum absolute atomic E-state index is 0.126. The number of hydrogen-bond donors (Lipinski definition) is 0. The van der Waals surface area contributed by atoms with Crippen molar-refractivity contribution in [3.63, 3.8) is 0 Å². The summed E-state index contributed by atoms with van der Waals surface area (Å²) in [5.74, 6) is 0. The van der Waals surface area contributed by atoms with Gasteiger partial charge in [0.15, 0.2) is 11.3 Å². The molecule has 0 saturated heterocycles. The Labute approximate surface area is 183 Å². The van der Waals surface area contributed by atoms with Crippen LogP contribution in [0.4, 0.5) is 0 Å². The highest BCUT2D eigenvalue weighted by atomic mass is 16.1. The van der Waals surface area contributed by atoms with Gasteiger partial charge in [0.2, 0.25) is 0 Å². The molecule has 3 heterocycles. The van der Waals surface area contributed by atoms with E-state index in [2.05, 4.69) is 0 Å². The highest BCUT2D eigenvalue weighted by molar-refractivity contribution is 6.05. The van der Waals surface area contributed by atoms with Crippen LogP contribution in [-0.2, 0) is 6.54 Å². The van der Waals surface area contributed by atoms with Crippen LogP contribution in [0.2, 0.25) is 0 Å². The van der Waals surface area contributed by atoms with Crippen molar-refractivity contribution in [1.29, 1.82) is 0 Å². The summed E-state index contributed by atoms with van der Waals surface area (Å²) in [6.07, 6.45) is 1.61. The van der Waals surface area contributed by atoms with Gasteiger partial charge in [-0.15, -0.1) is 0 Å². The van der Waals surface area contributed by atoms with Crippen LogP contribution in [-0.4, -0.2) is 24.1 Å². The molecule has 0 fully saturated rings. The zero-order valence-electron chi connectivity index (χ0n) is 17.4. The lowest BCUT2D eigenvalue weighted by molar-refractivity contribution is 0.747. The first-order chi connectivity index (χ1) is 15.7. The fourth-order valence-corrected chi connectivity index (χ4v) is 4.10. The molecule has 6 aromatic rings. The van der Waals surface area contributed by atoms with Crippen molar-refractivity contribution < 1.29 is 0 Å². The van der Waals surface area contributed by atoms with Crippen molar-refractivity contribution in [3.05, 3.63) is 107 Å². The molecule has 0 spiro atoms. The summed E-state index contributed by atoms with van der Waals surface area (Å²) in [5, 5.41) is 0.484. The van der Waals surface area contributed by atoms with Gasteiger partial charge in [-0.05, 0) is 36.8 Å². The number of aryl methyl sites for hydroxylation is 1. The summed E-state index contributed by atoms with van der Waals surface area (Å²) in [5.41, 5.74) is 6.25. The lowest BCUT2D eigenvalue weighted by atomic mass is 10.2. The highest BCUT2D eigenvalue weighted by Crippen LogP contribution is 2.28. The Morgan fingerprint density at radius 3 is 2.22 bits per heavy atom. The number of fused-ring (bicyclic) bond motifs is 4. The minimum atomic E-state index is -0.126. The van der Waals surface area contributed by atoms with Gasteiger partial charge >= 0.3 is 0 Å². The molecule has 6 rings (SSSR count). The van der Waals surface area contributed by atoms with E-state index in [0.717, 1.165) is 27.8 Å². The van der Waals surface area contributed by atoms with E-state index in [1.165, 1.54) is 0 Å². The van der Waals surface area contributed by atoms with Gasteiger partial charge < -0.3 is 0 Å². The molecular weight excluding hydrogens is 398 g/mol. The van der Waals surface area contributed by atoms with Gasteiger partial charge in [-0.3, -0.25) is 13.9 Å².